The zero-order chi connectivity index (χ0) is 17.5. The largest absolute Gasteiger partial charge is 0.491 e. The van der Waals surface area contributed by atoms with Crippen LogP contribution in [0.1, 0.15) is 0 Å². The molecule has 121 valence electrons. The van der Waals surface area contributed by atoms with E-state index in [1.807, 2.05) is 0 Å². The summed E-state index contributed by atoms with van der Waals surface area (Å²) in [6.07, 6.45) is 0. The molecule has 0 fully saturated rings. The number of hydrogen-bond donors (Lipinski definition) is 0. The minimum absolute atomic E-state index is 0.0244. The van der Waals surface area contributed by atoms with Gasteiger partial charge in [-0.2, -0.15) is 8.78 Å². The fourth-order valence-electron chi connectivity index (χ4n) is 1.79. The first-order valence-electron chi connectivity index (χ1n) is 5.78. The average molecular weight is 339 g/mol. The highest BCUT2D eigenvalue weighted by atomic mass is 19.2. The topological polar surface area (TPSA) is 9.23 Å². The van der Waals surface area contributed by atoms with Gasteiger partial charge in [-0.1, -0.05) is 0 Å². The van der Waals surface area contributed by atoms with Crippen LogP contribution in [-0.4, -0.2) is 14.4 Å². The van der Waals surface area contributed by atoms with Gasteiger partial charge in [0.25, 0.3) is 0 Å². The van der Waals surface area contributed by atoms with E-state index in [0.717, 1.165) is 7.11 Å². The van der Waals surface area contributed by atoms with E-state index in [1.165, 1.54) is 0 Å². The van der Waals surface area contributed by atoms with Gasteiger partial charge < -0.3 is 4.74 Å². The van der Waals surface area contributed by atoms with Crippen LogP contribution >= 0.6 is 0 Å². The van der Waals surface area contributed by atoms with Gasteiger partial charge in [-0.15, -0.1) is 0 Å². The van der Waals surface area contributed by atoms with Crippen LogP contribution in [0.2, 0.25) is 0 Å². The van der Waals surface area contributed by atoms with Crippen LogP contribution < -0.4 is 15.7 Å². The summed E-state index contributed by atoms with van der Waals surface area (Å²) in [7, 11) is 0.710. The van der Waals surface area contributed by atoms with E-state index >= 15 is 0 Å². The van der Waals surface area contributed by atoms with Crippen LogP contribution in [0.4, 0.5) is 35.1 Å². The molecular weight excluding hydrogens is 335 g/mol. The lowest BCUT2D eigenvalue weighted by Crippen LogP contribution is -2.38. The Hall–Kier alpha value is -2.26. The molecule has 0 saturated carbocycles. The van der Waals surface area contributed by atoms with Crippen LogP contribution in [-0.2, 0) is 0 Å². The normalized spacial score (nSPS) is 10.8. The number of rotatable bonds is 3. The monoisotopic (exact) mass is 339 g/mol. The molecule has 0 atom stereocenters. The van der Waals surface area contributed by atoms with Gasteiger partial charge in [0.1, 0.15) is 5.82 Å². The Bertz CT molecular complexity index is 764. The zero-order valence-corrected chi connectivity index (χ0v) is 11.1. The first kappa shape index (κ1) is 17.1. The molecule has 0 heterocycles. The molecule has 2 rings (SSSR count). The molecule has 0 aromatic heterocycles. The Morgan fingerprint density at radius 2 is 1.13 bits per heavy atom. The van der Waals surface area contributed by atoms with Gasteiger partial charge >= 0.3 is 0 Å². The molecule has 0 bridgehead atoms. The molecular formula is C13H4BF8O. The third-order valence-electron chi connectivity index (χ3n) is 2.90. The fraction of sp³-hybridized carbons (Fsp3) is 0.0769. The van der Waals surface area contributed by atoms with Crippen LogP contribution in [0.3, 0.4) is 0 Å². The number of methoxy groups -OCH3 is 1. The van der Waals surface area contributed by atoms with Crippen molar-refractivity contribution in [1.82, 2.24) is 0 Å². The molecule has 0 aliphatic heterocycles. The highest BCUT2D eigenvalue weighted by Gasteiger charge is 2.29. The molecule has 0 amide bonds. The van der Waals surface area contributed by atoms with Gasteiger partial charge in [0.05, 0.1) is 7.11 Å². The summed E-state index contributed by atoms with van der Waals surface area (Å²) in [6, 6.07) is -0.0870. The van der Waals surface area contributed by atoms with Crippen molar-refractivity contribution in [1.29, 1.82) is 0 Å². The lowest BCUT2D eigenvalue weighted by atomic mass is 9.62. The molecule has 0 unspecified atom stereocenters. The maximum atomic E-state index is 13.7. The minimum Gasteiger partial charge on any atom is -0.491 e. The van der Waals surface area contributed by atoms with E-state index in [4.69, 9.17) is 0 Å². The van der Waals surface area contributed by atoms with Gasteiger partial charge in [-0.25, -0.2) is 26.3 Å². The van der Waals surface area contributed by atoms with Crippen molar-refractivity contribution < 1.29 is 39.9 Å². The molecule has 0 spiro atoms. The fourth-order valence-corrected chi connectivity index (χ4v) is 1.79. The third kappa shape index (κ3) is 2.73. The van der Waals surface area contributed by atoms with Crippen LogP contribution in [0, 0.1) is 46.5 Å². The second-order valence-corrected chi connectivity index (χ2v) is 4.23. The predicted octanol–water partition coefficient (Wildman–Crippen LogP) is 2.46. The molecule has 1 nitrogen and oxygen atoms in total. The van der Waals surface area contributed by atoms with Crippen LogP contribution in [0.25, 0.3) is 0 Å². The maximum absolute atomic E-state index is 13.7. The minimum atomic E-state index is -2.12. The summed E-state index contributed by atoms with van der Waals surface area (Å²) in [5.74, 6) is -17.2. The number of halogens is 8. The highest BCUT2D eigenvalue weighted by Crippen LogP contribution is 2.24. The smallest absolute Gasteiger partial charge is 0.207 e. The maximum Gasteiger partial charge on any atom is 0.207 e. The Labute approximate surface area is 124 Å². The summed E-state index contributed by atoms with van der Waals surface area (Å²) in [4.78, 5) is 0. The van der Waals surface area contributed by atoms with Crippen molar-refractivity contribution in [2.75, 3.05) is 7.11 Å². The second-order valence-electron chi connectivity index (χ2n) is 4.23. The SMILES string of the molecule is COc1c(F)c(F)c([B]c2c(F)cc(F)c(F)c2F)c(F)c1F. The standard InChI is InChI=1S/C13H4BF8O/c1-23-13-11(21)9(19)6(10(20)12(13)22)14-5-3(15)2-4(16)7(17)8(5)18/h2H,1H3. The van der Waals surface area contributed by atoms with Gasteiger partial charge in [-0.3, -0.25) is 0 Å². The van der Waals surface area contributed by atoms with Gasteiger partial charge in [0.15, 0.2) is 34.8 Å². The van der Waals surface area contributed by atoms with Crippen molar-refractivity contribution >= 4 is 18.2 Å². The summed E-state index contributed by atoms with van der Waals surface area (Å²) in [5.41, 5.74) is -2.93. The lowest BCUT2D eigenvalue weighted by molar-refractivity contribution is 0.335. The average Bonchev–Trinajstić information content (AvgIpc) is 2.51. The Morgan fingerprint density at radius 1 is 0.652 bits per heavy atom. The molecule has 0 saturated heterocycles. The quantitative estimate of drug-likeness (QED) is 0.361. The van der Waals surface area contributed by atoms with E-state index in [9.17, 15) is 35.1 Å². The zero-order valence-electron chi connectivity index (χ0n) is 11.1. The summed E-state index contributed by atoms with van der Waals surface area (Å²) < 4.78 is 111. The van der Waals surface area contributed by atoms with E-state index in [0.29, 0.717) is 0 Å². The molecule has 2 aromatic carbocycles. The van der Waals surface area contributed by atoms with E-state index in [2.05, 4.69) is 4.74 Å². The van der Waals surface area contributed by atoms with E-state index in [1.54, 1.807) is 0 Å². The summed E-state index contributed by atoms with van der Waals surface area (Å²) >= 11 is 0. The lowest BCUT2D eigenvalue weighted by Gasteiger charge is -2.11. The second kappa shape index (κ2) is 6.09. The molecule has 0 aliphatic carbocycles. The van der Waals surface area contributed by atoms with Crippen molar-refractivity contribution in [2.45, 2.75) is 0 Å². The Balaban J connectivity index is 2.65. The third-order valence-corrected chi connectivity index (χ3v) is 2.90. The molecule has 0 aliphatic rings. The van der Waals surface area contributed by atoms with Crippen molar-refractivity contribution in [3.8, 4) is 5.75 Å². The molecule has 0 N–H and O–H groups in total. The molecule has 23 heavy (non-hydrogen) atoms. The number of benzene rings is 2. The molecule has 2 aromatic rings. The molecule has 10 heteroatoms. The number of ether oxygens (including phenoxy) is 1. The summed E-state index contributed by atoms with van der Waals surface area (Å²) in [6.45, 7) is 0. The highest BCUT2D eigenvalue weighted by molar-refractivity contribution is 6.67. The van der Waals surface area contributed by atoms with Gasteiger partial charge in [0, 0.05) is 6.07 Å². The van der Waals surface area contributed by atoms with Crippen molar-refractivity contribution in [3.63, 3.8) is 0 Å². The Kier molecular flexibility index (Phi) is 4.53. The van der Waals surface area contributed by atoms with Crippen LogP contribution in [0.15, 0.2) is 6.07 Å². The Morgan fingerprint density at radius 3 is 1.61 bits per heavy atom. The predicted molar refractivity (Wildman–Crippen MR) is 64.1 cm³/mol. The first-order valence-corrected chi connectivity index (χ1v) is 5.78. The summed E-state index contributed by atoms with van der Waals surface area (Å²) in [5, 5.41) is 0. The van der Waals surface area contributed by atoms with E-state index in [-0.39, 0.29) is 13.3 Å². The van der Waals surface area contributed by atoms with Gasteiger partial charge in [-0.05, 0) is 10.9 Å². The van der Waals surface area contributed by atoms with Gasteiger partial charge in [0.2, 0.25) is 18.9 Å². The van der Waals surface area contributed by atoms with Crippen molar-refractivity contribution in [3.05, 3.63) is 52.6 Å². The van der Waals surface area contributed by atoms with Crippen molar-refractivity contribution in [2.24, 2.45) is 0 Å². The van der Waals surface area contributed by atoms with E-state index < -0.39 is 63.2 Å². The first-order chi connectivity index (χ1) is 10.7. The molecule has 1 radical (unpaired) electrons. The van der Waals surface area contributed by atoms with Crippen LogP contribution in [0.5, 0.6) is 5.75 Å². The number of hydrogen-bond acceptors (Lipinski definition) is 1.